The van der Waals surface area contributed by atoms with Gasteiger partial charge < -0.3 is 5.32 Å². The molecule has 0 bridgehead atoms. The van der Waals surface area contributed by atoms with Crippen molar-refractivity contribution in [2.45, 2.75) is 33.2 Å². The molecule has 0 amide bonds. The smallest absolute Gasteiger partial charge is 0.137 e. The zero-order valence-corrected chi connectivity index (χ0v) is 14.3. The summed E-state index contributed by atoms with van der Waals surface area (Å²) in [5, 5.41) is 3.54. The van der Waals surface area contributed by atoms with Gasteiger partial charge in [0.2, 0.25) is 0 Å². The van der Waals surface area contributed by atoms with Gasteiger partial charge in [-0.2, -0.15) is 0 Å². The molecule has 1 nitrogen and oxygen atoms in total. The van der Waals surface area contributed by atoms with E-state index in [2.05, 4.69) is 60.2 Å². The SMILES string of the molecule is CCCNC(c1cc(C)ccc1C)c1cccc(F)c1Br. The molecule has 2 rings (SSSR count). The minimum Gasteiger partial charge on any atom is -0.306 e. The third-order valence-electron chi connectivity index (χ3n) is 3.64. The van der Waals surface area contributed by atoms with Crippen molar-refractivity contribution in [2.24, 2.45) is 0 Å². The molecule has 1 atom stereocenters. The maximum atomic E-state index is 13.9. The van der Waals surface area contributed by atoms with E-state index in [-0.39, 0.29) is 11.9 Å². The van der Waals surface area contributed by atoms with Crippen molar-refractivity contribution < 1.29 is 4.39 Å². The van der Waals surface area contributed by atoms with E-state index in [1.54, 1.807) is 6.07 Å². The van der Waals surface area contributed by atoms with Gasteiger partial charge in [0.15, 0.2) is 0 Å². The lowest BCUT2D eigenvalue weighted by molar-refractivity contribution is 0.578. The molecule has 0 heterocycles. The van der Waals surface area contributed by atoms with Gasteiger partial charge in [-0.05, 0) is 65.5 Å². The molecular weight excluding hydrogens is 329 g/mol. The average Bonchev–Trinajstić information content (AvgIpc) is 2.47. The van der Waals surface area contributed by atoms with E-state index >= 15 is 0 Å². The van der Waals surface area contributed by atoms with Gasteiger partial charge >= 0.3 is 0 Å². The Morgan fingerprint density at radius 2 is 1.90 bits per heavy atom. The first-order chi connectivity index (χ1) is 10.0. The zero-order valence-electron chi connectivity index (χ0n) is 12.7. The van der Waals surface area contributed by atoms with Crippen LogP contribution in [0.15, 0.2) is 40.9 Å². The van der Waals surface area contributed by atoms with Gasteiger partial charge in [-0.25, -0.2) is 4.39 Å². The number of benzene rings is 2. The van der Waals surface area contributed by atoms with Crippen LogP contribution in [-0.4, -0.2) is 6.54 Å². The Bertz CT molecular complexity index is 623. The fraction of sp³-hybridized carbons (Fsp3) is 0.333. The summed E-state index contributed by atoms with van der Waals surface area (Å²) in [6.45, 7) is 7.21. The van der Waals surface area contributed by atoms with E-state index in [0.29, 0.717) is 4.47 Å². The molecular formula is C18H21BrFN. The number of aryl methyl sites for hydroxylation is 2. The van der Waals surface area contributed by atoms with Crippen LogP contribution >= 0.6 is 15.9 Å². The Labute approximate surface area is 134 Å². The van der Waals surface area contributed by atoms with Crippen molar-refractivity contribution in [3.8, 4) is 0 Å². The first-order valence-corrected chi connectivity index (χ1v) is 8.08. The highest BCUT2D eigenvalue weighted by atomic mass is 79.9. The van der Waals surface area contributed by atoms with E-state index < -0.39 is 0 Å². The van der Waals surface area contributed by atoms with Gasteiger partial charge in [0, 0.05) is 0 Å². The van der Waals surface area contributed by atoms with Crippen LogP contribution in [0.1, 0.15) is 41.6 Å². The highest BCUT2D eigenvalue weighted by molar-refractivity contribution is 9.10. The predicted molar refractivity (Wildman–Crippen MR) is 90.2 cm³/mol. The number of nitrogens with one attached hydrogen (secondary N) is 1. The Morgan fingerprint density at radius 1 is 1.14 bits per heavy atom. The molecule has 0 radical (unpaired) electrons. The van der Waals surface area contributed by atoms with Gasteiger partial charge in [-0.1, -0.05) is 42.8 Å². The van der Waals surface area contributed by atoms with E-state index in [0.717, 1.165) is 18.5 Å². The molecule has 1 N–H and O–H groups in total. The molecule has 0 spiro atoms. The molecule has 0 aliphatic rings. The molecule has 0 aliphatic carbocycles. The van der Waals surface area contributed by atoms with Crippen LogP contribution in [-0.2, 0) is 0 Å². The molecule has 2 aromatic carbocycles. The average molecular weight is 350 g/mol. The predicted octanol–water partition coefficient (Wildman–Crippen LogP) is 5.29. The third-order valence-corrected chi connectivity index (χ3v) is 4.47. The highest BCUT2D eigenvalue weighted by Gasteiger charge is 2.19. The minimum absolute atomic E-state index is 0.00470. The van der Waals surface area contributed by atoms with Crippen LogP contribution in [0.25, 0.3) is 0 Å². The van der Waals surface area contributed by atoms with Gasteiger partial charge in [0.05, 0.1) is 10.5 Å². The molecule has 21 heavy (non-hydrogen) atoms. The number of hydrogen-bond acceptors (Lipinski definition) is 1. The lowest BCUT2D eigenvalue weighted by atomic mass is 9.93. The van der Waals surface area contributed by atoms with E-state index in [1.165, 1.54) is 22.8 Å². The van der Waals surface area contributed by atoms with Crippen molar-refractivity contribution >= 4 is 15.9 Å². The summed E-state index contributed by atoms with van der Waals surface area (Å²) in [5.41, 5.74) is 4.57. The summed E-state index contributed by atoms with van der Waals surface area (Å²) in [5.74, 6) is -0.221. The quantitative estimate of drug-likeness (QED) is 0.772. The van der Waals surface area contributed by atoms with Crippen LogP contribution in [0.5, 0.6) is 0 Å². The third kappa shape index (κ3) is 3.72. The molecule has 2 aromatic rings. The molecule has 0 aromatic heterocycles. The van der Waals surface area contributed by atoms with Crippen LogP contribution in [0.4, 0.5) is 4.39 Å². The lowest BCUT2D eigenvalue weighted by Gasteiger charge is -2.23. The highest BCUT2D eigenvalue weighted by Crippen LogP contribution is 2.32. The first kappa shape index (κ1) is 16.2. The number of hydrogen-bond donors (Lipinski definition) is 1. The Kier molecular flexibility index (Phi) is 5.54. The second-order valence-electron chi connectivity index (χ2n) is 5.39. The number of rotatable bonds is 5. The molecule has 0 saturated heterocycles. The molecule has 1 unspecified atom stereocenters. The van der Waals surface area contributed by atoms with E-state index in [1.807, 2.05) is 6.07 Å². The molecule has 0 aliphatic heterocycles. The van der Waals surface area contributed by atoms with E-state index in [9.17, 15) is 4.39 Å². The second kappa shape index (κ2) is 7.19. The summed E-state index contributed by atoms with van der Waals surface area (Å²) >= 11 is 3.40. The minimum atomic E-state index is -0.221. The molecule has 0 fully saturated rings. The van der Waals surface area contributed by atoms with Crippen molar-refractivity contribution in [1.29, 1.82) is 0 Å². The van der Waals surface area contributed by atoms with Crippen molar-refractivity contribution in [3.05, 3.63) is 68.9 Å². The first-order valence-electron chi connectivity index (χ1n) is 7.29. The monoisotopic (exact) mass is 349 g/mol. The summed E-state index contributed by atoms with van der Waals surface area (Å²) in [7, 11) is 0. The maximum Gasteiger partial charge on any atom is 0.137 e. The van der Waals surface area contributed by atoms with Gasteiger partial charge in [-0.3, -0.25) is 0 Å². The normalized spacial score (nSPS) is 12.4. The number of halogens is 2. The Balaban J connectivity index is 2.52. The van der Waals surface area contributed by atoms with Gasteiger partial charge in [0.25, 0.3) is 0 Å². The largest absolute Gasteiger partial charge is 0.306 e. The fourth-order valence-electron chi connectivity index (χ4n) is 2.49. The second-order valence-corrected chi connectivity index (χ2v) is 6.18. The fourth-order valence-corrected chi connectivity index (χ4v) is 2.98. The van der Waals surface area contributed by atoms with Gasteiger partial charge in [0.1, 0.15) is 5.82 Å². The summed E-state index contributed by atoms with van der Waals surface area (Å²) in [6, 6.07) is 11.6. The van der Waals surface area contributed by atoms with Crippen molar-refractivity contribution in [2.75, 3.05) is 6.54 Å². The summed E-state index contributed by atoms with van der Waals surface area (Å²) < 4.78 is 14.4. The van der Waals surface area contributed by atoms with Crippen LogP contribution < -0.4 is 5.32 Å². The molecule has 3 heteroatoms. The standard InChI is InChI=1S/C18H21BrFN/c1-4-10-21-18(14-6-5-7-16(20)17(14)19)15-11-12(2)8-9-13(15)3/h5-9,11,18,21H,4,10H2,1-3H3. The van der Waals surface area contributed by atoms with Crippen molar-refractivity contribution in [3.63, 3.8) is 0 Å². The molecule has 0 saturated carbocycles. The van der Waals surface area contributed by atoms with E-state index in [4.69, 9.17) is 0 Å². The Morgan fingerprint density at radius 3 is 2.62 bits per heavy atom. The van der Waals surface area contributed by atoms with Gasteiger partial charge in [-0.15, -0.1) is 0 Å². The van der Waals surface area contributed by atoms with Crippen LogP contribution in [0, 0.1) is 19.7 Å². The van der Waals surface area contributed by atoms with Crippen LogP contribution in [0.3, 0.4) is 0 Å². The summed E-state index contributed by atoms with van der Waals surface area (Å²) in [6.07, 6.45) is 1.04. The maximum absolute atomic E-state index is 13.9. The Hall–Kier alpha value is -1.19. The van der Waals surface area contributed by atoms with Crippen LogP contribution in [0.2, 0.25) is 0 Å². The lowest BCUT2D eigenvalue weighted by Crippen LogP contribution is -2.24. The molecule has 112 valence electrons. The summed E-state index contributed by atoms with van der Waals surface area (Å²) in [4.78, 5) is 0. The zero-order chi connectivity index (χ0) is 15.4. The van der Waals surface area contributed by atoms with Crippen molar-refractivity contribution in [1.82, 2.24) is 5.32 Å². The topological polar surface area (TPSA) is 12.0 Å².